The smallest absolute Gasteiger partial charge is 0.340 e. The lowest BCUT2D eigenvalue weighted by molar-refractivity contribution is 0.00576. The molecule has 3 rings (SSSR count). The maximum absolute atomic E-state index is 11.4. The molecule has 1 atom stereocenters. The molecule has 1 aromatic heterocycles. The summed E-state index contributed by atoms with van der Waals surface area (Å²) in [5.41, 5.74) is 0.758. The van der Waals surface area contributed by atoms with E-state index in [9.17, 15) is 9.90 Å². The summed E-state index contributed by atoms with van der Waals surface area (Å²) in [5.74, 6) is -0.637. The SMILES string of the molecule is O=C(O)c1c(COCC2CCCO2)oc2ccccc12. The molecule has 2 aromatic rings. The highest BCUT2D eigenvalue weighted by Crippen LogP contribution is 2.26. The fraction of sp³-hybridized carbons (Fsp3) is 0.400. The van der Waals surface area contributed by atoms with Gasteiger partial charge < -0.3 is 19.0 Å². The van der Waals surface area contributed by atoms with E-state index in [4.69, 9.17) is 13.9 Å². The molecule has 106 valence electrons. The average Bonchev–Trinajstić information content (AvgIpc) is 3.05. The third kappa shape index (κ3) is 2.55. The Balaban J connectivity index is 1.76. The van der Waals surface area contributed by atoms with Crippen LogP contribution in [0.3, 0.4) is 0 Å². The number of benzene rings is 1. The van der Waals surface area contributed by atoms with E-state index in [1.54, 1.807) is 18.2 Å². The lowest BCUT2D eigenvalue weighted by Crippen LogP contribution is -2.14. The third-order valence-electron chi connectivity index (χ3n) is 3.44. The van der Waals surface area contributed by atoms with Gasteiger partial charge in [0, 0.05) is 12.0 Å². The van der Waals surface area contributed by atoms with Gasteiger partial charge in [0.15, 0.2) is 0 Å². The van der Waals surface area contributed by atoms with Gasteiger partial charge in [0.05, 0.1) is 12.7 Å². The van der Waals surface area contributed by atoms with Crippen LogP contribution in [0.5, 0.6) is 0 Å². The van der Waals surface area contributed by atoms with Crippen LogP contribution in [0.1, 0.15) is 29.0 Å². The molecule has 20 heavy (non-hydrogen) atoms. The second kappa shape index (κ2) is 5.64. The van der Waals surface area contributed by atoms with Crippen molar-refractivity contribution >= 4 is 16.9 Å². The van der Waals surface area contributed by atoms with Crippen LogP contribution in [0.2, 0.25) is 0 Å². The van der Waals surface area contributed by atoms with Crippen LogP contribution in [0.25, 0.3) is 11.0 Å². The molecular weight excluding hydrogens is 260 g/mol. The van der Waals surface area contributed by atoms with Crippen molar-refractivity contribution in [2.45, 2.75) is 25.6 Å². The minimum absolute atomic E-state index is 0.118. The first-order valence-electron chi connectivity index (χ1n) is 6.69. The average molecular weight is 276 g/mol. The second-order valence-corrected chi connectivity index (χ2v) is 4.85. The summed E-state index contributed by atoms with van der Waals surface area (Å²) in [6.45, 7) is 1.39. The number of aromatic carboxylic acids is 1. The predicted octanol–water partition coefficient (Wildman–Crippen LogP) is 2.83. The quantitative estimate of drug-likeness (QED) is 0.909. The van der Waals surface area contributed by atoms with Gasteiger partial charge in [-0.15, -0.1) is 0 Å². The van der Waals surface area contributed by atoms with Crippen LogP contribution < -0.4 is 0 Å². The number of furan rings is 1. The zero-order valence-electron chi connectivity index (χ0n) is 11.0. The first-order chi connectivity index (χ1) is 9.75. The molecule has 0 saturated carbocycles. The van der Waals surface area contributed by atoms with Crippen molar-refractivity contribution in [2.75, 3.05) is 13.2 Å². The van der Waals surface area contributed by atoms with Crippen LogP contribution >= 0.6 is 0 Å². The van der Waals surface area contributed by atoms with Crippen LogP contribution in [-0.4, -0.2) is 30.4 Å². The largest absolute Gasteiger partial charge is 0.478 e. The van der Waals surface area contributed by atoms with E-state index in [2.05, 4.69) is 0 Å². The van der Waals surface area contributed by atoms with Gasteiger partial charge >= 0.3 is 5.97 Å². The summed E-state index contributed by atoms with van der Waals surface area (Å²) in [6, 6.07) is 7.10. The number of carboxylic acid groups (broad SMARTS) is 1. The number of rotatable bonds is 5. The molecule has 5 heteroatoms. The van der Waals surface area contributed by atoms with Gasteiger partial charge in [-0.2, -0.15) is 0 Å². The number of hydrogen-bond donors (Lipinski definition) is 1. The Morgan fingerprint density at radius 1 is 1.40 bits per heavy atom. The van der Waals surface area contributed by atoms with E-state index in [1.165, 1.54) is 0 Å². The van der Waals surface area contributed by atoms with Crippen molar-refractivity contribution in [3.63, 3.8) is 0 Å². The molecule has 0 spiro atoms. The molecule has 0 amide bonds. The van der Waals surface area contributed by atoms with Crippen molar-refractivity contribution in [2.24, 2.45) is 0 Å². The third-order valence-corrected chi connectivity index (χ3v) is 3.44. The minimum atomic E-state index is -0.995. The van der Waals surface area contributed by atoms with E-state index >= 15 is 0 Å². The topological polar surface area (TPSA) is 68.9 Å². The molecule has 1 fully saturated rings. The molecule has 0 bridgehead atoms. The molecule has 1 N–H and O–H groups in total. The maximum atomic E-state index is 11.4. The summed E-state index contributed by atoms with van der Waals surface area (Å²) < 4.78 is 16.6. The molecule has 0 aliphatic carbocycles. The highest BCUT2D eigenvalue weighted by Gasteiger charge is 2.21. The van der Waals surface area contributed by atoms with E-state index in [0.717, 1.165) is 19.4 Å². The van der Waals surface area contributed by atoms with Gasteiger partial charge in [0.2, 0.25) is 0 Å². The van der Waals surface area contributed by atoms with Gasteiger partial charge in [-0.25, -0.2) is 4.79 Å². The van der Waals surface area contributed by atoms with Crippen molar-refractivity contribution in [3.8, 4) is 0 Å². The first kappa shape index (κ1) is 13.1. The Hall–Kier alpha value is -1.85. The van der Waals surface area contributed by atoms with Crippen molar-refractivity contribution in [1.29, 1.82) is 0 Å². The van der Waals surface area contributed by atoms with Crippen LogP contribution in [0, 0.1) is 0 Å². The maximum Gasteiger partial charge on any atom is 0.340 e. The van der Waals surface area contributed by atoms with E-state index in [1.807, 2.05) is 6.07 Å². The number of fused-ring (bicyclic) bond motifs is 1. The highest BCUT2D eigenvalue weighted by molar-refractivity contribution is 6.03. The van der Waals surface area contributed by atoms with Crippen LogP contribution in [0.15, 0.2) is 28.7 Å². The standard InChI is InChI=1S/C15H16O5/c16-15(17)14-11-5-1-2-6-12(11)20-13(14)9-18-8-10-4-3-7-19-10/h1-2,5-6,10H,3-4,7-9H2,(H,16,17). The van der Waals surface area contributed by atoms with Crippen LogP contribution in [0.4, 0.5) is 0 Å². The van der Waals surface area contributed by atoms with Crippen molar-refractivity contribution in [3.05, 3.63) is 35.6 Å². The molecular formula is C15H16O5. The summed E-state index contributed by atoms with van der Waals surface area (Å²) in [6.07, 6.45) is 2.16. The van der Waals surface area contributed by atoms with Gasteiger partial charge in [0.1, 0.15) is 23.5 Å². The summed E-state index contributed by atoms with van der Waals surface area (Å²) >= 11 is 0. The van der Waals surface area contributed by atoms with Crippen molar-refractivity contribution in [1.82, 2.24) is 0 Å². The number of para-hydroxylation sites is 1. The zero-order valence-corrected chi connectivity index (χ0v) is 11.0. The van der Waals surface area contributed by atoms with E-state index in [-0.39, 0.29) is 18.3 Å². The highest BCUT2D eigenvalue weighted by atomic mass is 16.5. The molecule has 0 radical (unpaired) electrons. The van der Waals surface area contributed by atoms with Crippen LogP contribution in [-0.2, 0) is 16.1 Å². The Kier molecular flexibility index (Phi) is 3.71. The zero-order chi connectivity index (χ0) is 13.9. The molecule has 1 unspecified atom stereocenters. The molecule has 1 aliphatic heterocycles. The number of hydrogen-bond acceptors (Lipinski definition) is 4. The lowest BCUT2D eigenvalue weighted by atomic mass is 10.1. The van der Waals surface area contributed by atoms with Gasteiger partial charge in [-0.05, 0) is 18.9 Å². The fourth-order valence-corrected chi connectivity index (χ4v) is 2.49. The summed E-state index contributed by atoms with van der Waals surface area (Å²) in [4.78, 5) is 11.4. The summed E-state index contributed by atoms with van der Waals surface area (Å²) in [7, 11) is 0. The molecule has 1 aromatic carbocycles. The number of carbonyl (C=O) groups is 1. The predicted molar refractivity (Wildman–Crippen MR) is 71.8 cm³/mol. The van der Waals surface area contributed by atoms with Gasteiger partial charge in [-0.1, -0.05) is 18.2 Å². The molecule has 1 aliphatic rings. The van der Waals surface area contributed by atoms with E-state index < -0.39 is 5.97 Å². The monoisotopic (exact) mass is 276 g/mol. The molecule has 5 nitrogen and oxygen atoms in total. The van der Waals surface area contributed by atoms with Gasteiger partial charge in [-0.3, -0.25) is 0 Å². The molecule has 1 saturated heterocycles. The Bertz CT molecular complexity index is 610. The Morgan fingerprint density at radius 3 is 3.00 bits per heavy atom. The molecule has 2 heterocycles. The van der Waals surface area contributed by atoms with Crippen molar-refractivity contribution < 1.29 is 23.8 Å². The normalized spacial score (nSPS) is 18.7. The Labute approximate surface area is 116 Å². The number of carboxylic acids is 1. The Morgan fingerprint density at radius 2 is 2.25 bits per heavy atom. The van der Waals surface area contributed by atoms with Gasteiger partial charge in [0.25, 0.3) is 0 Å². The second-order valence-electron chi connectivity index (χ2n) is 4.85. The lowest BCUT2D eigenvalue weighted by Gasteiger charge is -2.09. The summed E-state index contributed by atoms with van der Waals surface area (Å²) in [5, 5.41) is 9.93. The first-order valence-corrected chi connectivity index (χ1v) is 6.69. The fourth-order valence-electron chi connectivity index (χ4n) is 2.49. The van der Waals surface area contributed by atoms with E-state index in [0.29, 0.717) is 23.3 Å². The number of ether oxygens (including phenoxy) is 2. The minimum Gasteiger partial charge on any atom is -0.478 e.